The van der Waals surface area contributed by atoms with Gasteiger partial charge in [-0.15, -0.1) is 0 Å². The zero-order valence-corrected chi connectivity index (χ0v) is 21.1. The highest BCUT2D eigenvalue weighted by atomic mass is 35.5. The van der Waals surface area contributed by atoms with Crippen LogP contribution in [-0.2, 0) is 29.0 Å². The van der Waals surface area contributed by atoms with Gasteiger partial charge in [0.25, 0.3) is 0 Å². The lowest BCUT2D eigenvalue weighted by molar-refractivity contribution is -0.141. The summed E-state index contributed by atoms with van der Waals surface area (Å²) in [4.78, 5) is 29.0. The van der Waals surface area contributed by atoms with Gasteiger partial charge in [0.15, 0.2) is 0 Å². The molecule has 2 amide bonds. The van der Waals surface area contributed by atoms with Gasteiger partial charge in [-0.05, 0) is 50.5 Å². The van der Waals surface area contributed by atoms with Crippen molar-refractivity contribution in [3.63, 3.8) is 0 Å². The highest BCUT2D eigenvalue weighted by Gasteiger charge is 2.32. The van der Waals surface area contributed by atoms with Crippen LogP contribution in [-0.4, -0.2) is 28.3 Å². The second-order valence-electron chi connectivity index (χ2n) is 9.72. The molecule has 0 aliphatic carbocycles. The average Bonchev–Trinajstić information content (AvgIpc) is 2.78. The molecule has 0 fully saturated rings. The summed E-state index contributed by atoms with van der Waals surface area (Å²) >= 11 is 6.36. The molecule has 0 radical (unpaired) electrons. The van der Waals surface area contributed by atoms with Gasteiger partial charge in [0.2, 0.25) is 11.8 Å². The van der Waals surface area contributed by atoms with Crippen LogP contribution in [0.1, 0.15) is 43.0 Å². The van der Waals surface area contributed by atoms with Crippen LogP contribution < -0.4 is 5.32 Å². The van der Waals surface area contributed by atoms with Gasteiger partial charge in [0.05, 0.1) is 6.42 Å². The van der Waals surface area contributed by atoms with Crippen LogP contribution in [0.15, 0.2) is 78.9 Å². The molecular weight excluding hydrogens is 444 g/mol. The Labute approximate surface area is 207 Å². The van der Waals surface area contributed by atoms with Gasteiger partial charge in [0, 0.05) is 23.5 Å². The molecule has 1 N–H and O–H groups in total. The van der Waals surface area contributed by atoms with E-state index in [2.05, 4.69) is 5.32 Å². The van der Waals surface area contributed by atoms with Crippen LogP contribution in [0, 0.1) is 6.92 Å². The molecule has 0 aliphatic heterocycles. The molecule has 4 nitrogen and oxygen atoms in total. The van der Waals surface area contributed by atoms with Crippen molar-refractivity contribution in [3.8, 4) is 0 Å². The first-order chi connectivity index (χ1) is 16.1. The third-order valence-corrected chi connectivity index (χ3v) is 5.91. The number of carbonyl (C=O) groups is 2. The second-order valence-corrected chi connectivity index (χ2v) is 10.1. The van der Waals surface area contributed by atoms with Crippen molar-refractivity contribution >= 4 is 23.4 Å². The lowest BCUT2D eigenvalue weighted by atomic mass is 9.99. The maximum absolute atomic E-state index is 13.7. The molecule has 0 saturated heterocycles. The van der Waals surface area contributed by atoms with E-state index in [0.29, 0.717) is 18.0 Å². The first-order valence-electron chi connectivity index (χ1n) is 11.6. The Kier molecular flexibility index (Phi) is 8.51. The minimum Gasteiger partial charge on any atom is -0.350 e. The third-order valence-electron chi connectivity index (χ3n) is 5.54. The maximum atomic E-state index is 13.7. The van der Waals surface area contributed by atoms with Crippen LogP contribution in [0.25, 0.3) is 0 Å². The normalized spacial score (nSPS) is 12.1. The second kappa shape index (κ2) is 11.3. The molecule has 3 aromatic rings. The first-order valence-corrected chi connectivity index (χ1v) is 11.9. The quantitative estimate of drug-likeness (QED) is 0.450. The van der Waals surface area contributed by atoms with Crippen molar-refractivity contribution in [3.05, 3.63) is 106 Å². The Morgan fingerprint density at radius 1 is 0.882 bits per heavy atom. The molecule has 178 valence electrons. The smallest absolute Gasteiger partial charge is 0.243 e. The van der Waals surface area contributed by atoms with E-state index < -0.39 is 11.6 Å². The lowest BCUT2D eigenvalue weighted by Crippen LogP contribution is -2.54. The van der Waals surface area contributed by atoms with E-state index in [4.69, 9.17) is 11.6 Å². The minimum absolute atomic E-state index is 0.125. The first kappa shape index (κ1) is 25.5. The maximum Gasteiger partial charge on any atom is 0.243 e. The summed E-state index contributed by atoms with van der Waals surface area (Å²) in [5.41, 5.74) is 3.44. The average molecular weight is 477 g/mol. The van der Waals surface area contributed by atoms with Crippen LogP contribution >= 0.6 is 11.6 Å². The number of carbonyl (C=O) groups excluding carboxylic acids is 2. The van der Waals surface area contributed by atoms with E-state index in [1.54, 1.807) is 11.0 Å². The molecule has 0 saturated carbocycles. The molecule has 0 bridgehead atoms. The van der Waals surface area contributed by atoms with Crippen molar-refractivity contribution in [1.29, 1.82) is 0 Å². The zero-order valence-electron chi connectivity index (χ0n) is 20.3. The Morgan fingerprint density at radius 3 is 2.12 bits per heavy atom. The number of aryl methyl sites for hydroxylation is 1. The summed E-state index contributed by atoms with van der Waals surface area (Å²) in [6.45, 7) is 8.19. The molecular formula is C29H33ClN2O2. The molecule has 0 heterocycles. The van der Waals surface area contributed by atoms with E-state index >= 15 is 0 Å². The van der Waals surface area contributed by atoms with Crippen LogP contribution in [0.2, 0.25) is 5.02 Å². The molecule has 0 spiro atoms. The van der Waals surface area contributed by atoms with Gasteiger partial charge in [-0.1, -0.05) is 90.0 Å². The van der Waals surface area contributed by atoms with Gasteiger partial charge >= 0.3 is 0 Å². The summed E-state index contributed by atoms with van der Waals surface area (Å²) in [5.74, 6) is -0.311. The van der Waals surface area contributed by atoms with Gasteiger partial charge in [-0.2, -0.15) is 0 Å². The molecule has 3 aromatic carbocycles. The standard InChI is InChI=1S/C29H33ClN2O2/c1-21-14-16-23(17-15-21)20-32(27(33)19-24-12-8-9-13-25(24)30)26(28(34)31-29(2,3)4)18-22-10-6-5-7-11-22/h5-17,26H,18-20H2,1-4H3,(H,31,34)/t26-/m0/s1. The van der Waals surface area contributed by atoms with Crippen LogP contribution in [0.4, 0.5) is 0 Å². The number of nitrogens with zero attached hydrogens (tertiary/aromatic N) is 1. The van der Waals surface area contributed by atoms with Crippen molar-refractivity contribution in [1.82, 2.24) is 10.2 Å². The van der Waals surface area contributed by atoms with E-state index in [9.17, 15) is 9.59 Å². The van der Waals surface area contributed by atoms with Gasteiger partial charge < -0.3 is 10.2 Å². The monoisotopic (exact) mass is 476 g/mol. The Bertz CT molecular complexity index is 1100. The van der Waals surface area contributed by atoms with E-state index in [1.807, 2.05) is 100 Å². The Balaban J connectivity index is 1.99. The largest absolute Gasteiger partial charge is 0.350 e. The highest BCUT2D eigenvalue weighted by Crippen LogP contribution is 2.21. The highest BCUT2D eigenvalue weighted by molar-refractivity contribution is 6.31. The number of benzene rings is 3. The number of halogens is 1. The Morgan fingerprint density at radius 2 is 1.50 bits per heavy atom. The number of amides is 2. The molecule has 34 heavy (non-hydrogen) atoms. The minimum atomic E-state index is -0.669. The topological polar surface area (TPSA) is 49.4 Å². The van der Waals surface area contributed by atoms with Crippen molar-refractivity contribution in [2.24, 2.45) is 0 Å². The fourth-order valence-corrected chi connectivity index (χ4v) is 4.01. The van der Waals surface area contributed by atoms with E-state index in [1.165, 1.54) is 0 Å². The van der Waals surface area contributed by atoms with E-state index in [-0.39, 0.29) is 18.2 Å². The SMILES string of the molecule is Cc1ccc(CN(C(=O)Cc2ccccc2Cl)[C@@H](Cc2ccccc2)C(=O)NC(C)(C)C)cc1. The Hall–Kier alpha value is -3.11. The predicted octanol–water partition coefficient (Wildman–Crippen LogP) is 5.75. The van der Waals surface area contributed by atoms with Gasteiger partial charge in [-0.25, -0.2) is 0 Å². The summed E-state index contributed by atoms with van der Waals surface area (Å²) in [6.07, 6.45) is 0.544. The molecule has 0 unspecified atom stereocenters. The summed E-state index contributed by atoms with van der Waals surface area (Å²) < 4.78 is 0. The zero-order chi connectivity index (χ0) is 24.7. The summed E-state index contributed by atoms with van der Waals surface area (Å²) in [5, 5.41) is 3.63. The molecule has 5 heteroatoms. The molecule has 3 rings (SSSR count). The van der Waals surface area contributed by atoms with E-state index in [0.717, 1.165) is 22.3 Å². The fraction of sp³-hybridized carbons (Fsp3) is 0.310. The fourth-order valence-electron chi connectivity index (χ4n) is 3.80. The number of hydrogen-bond acceptors (Lipinski definition) is 2. The van der Waals surface area contributed by atoms with Crippen molar-refractivity contribution in [2.45, 2.75) is 58.7 Å². The number of nitrogens with one attached hydrogen (secondary N) is 1. The molecule has 0 aromatic heterocycles. The number of hydrogen-bond donors (Lipinski definition) is 1. The van der Waals surface area contributed by atoms with Crippen molar-refractivity contribution < 1.29 is 9.59 Å². The summed E-state index contributed by atoms with van der Waals surface area (Å²) in [7, 11) is 0. The number of rotatable bonds is 8. The third kappa shape index (κ3) is 7.46. The molecule has 0 aliphatic rings. The van der Waals surface area contributed by atoms with Crippen molar-refractivity contribution in [2.75, 3.05) is 0 Å². The van der Waals surface area contributed by atoms with Crippen LogP contribution in [0.3, 0.4) is 0 Å². The summed E-state index contributed by atoms with van der Waals surface area (Å²) in [6, 6.07) is 24.5. The van der Waals surface area contributed by atoms with Gasteiger partial charge in [0.1, 0.15) is 6.04 Å². The van der Waals surface area contributed by atoms with Crippen LogP contribution in [0.5, 0.6) is 0 Å². The van der Waals surface area contributed by atoms with Gasteiger partial charge in [-0.3, -0.25) is 9.59 Å². The predicted molar refractivity (Wildman–Crippen MR) is 139 cm³/mol. The molecule has 1 atom stereocenters. The lowest BCUT2D eigenvalue weighted by Gasteiger charge is -2.34.